The van der Waals surface area contributed by atoms with E-state index in [9.17, 15) is 4.79 Å². The molecular formula is C21H17N3O3S. The molecule has 1 amide bonds. The molecule has 0 atom stereocenters. The molecule has 1 aliphatic heterocycles. The predicted molar refractivity (Wildman–Crippen MR) is 112 cm³/mol. The van der Waals surface area contributed by atoms with Crippen molar-refractivity contribution in [3.8, 4) is 11.5 Å². The minimum Gasteiger partial charge on any atom is -0.454 e. The molecule has 2 aromatic heterocycles. The van der Waals surface area contributed by atoms with Crippen molar-refractivity contribution in [3.63, 3.8) is 0 Å². The van der Waals surface area contributed by atoms with Gasteiger partial charge in [0.15, 0.2) is 11.5 Å². The van der Waals surface area contributed by atoms with E-state index in [2.05, 4.69) is 10.3 Å². The van der Waals surface area contributed by atoms with Gasteiger partial charge in [-0.25, -0.2) is 4.98 Å². The molecule has 0 aliphatic carbocycles. The van der Waals surface area contributed by atoms with Crippen LogP contribution in [0.3, 0.4) is 0 Å². The molecule has 6 nitrogen and oxygen atoms in total. The number of hydrogen-bond donors (Lipinski definition) is 2. The summed E-state index contributed by atoms with van der Waals surface area (Å²) >= 11 is 1.29. The summed E-state index contributed by atoms with van der Waals surface area (Å²) in [5, 5.41) is 4.63. The molecule has 7 heteroatoms. The number of nitrogens with one attached hydrogen (secondary N) is 1. The van der Waals surface area contributed by atoms with Gasteiger partial charge in [-0.1, -0.05) is 12.1 Å². The number of pyridine rings is 1. The van der Waals surface area contributed by atoms with Crippen LogP contribution in [-0.2, 0) is 0 Å². The van der Waals surface area contributed by atoms with Gasteiger partial charge in [0.05, 0.1) is 11.2 Å². The molecule has 5 rings (SSSR count). The van der Waals surface area contributed by atoms with Crippen LogP contribution >= 0.6 is 11.3 Å². The molecular weight excluding hydrogens is 374 g/mol. The van der Waals surface area contributed by atoms with E-state index in [1.54, 1.807) is 0 Å². The highest BCUT2D eigenvalue weighted by Crippen LogP contribution is 2.39. The molecule has 140 valence electrons. The van der Waals surface area contributed by atoms with Crippen molar-refractivity contribution < 1.29 is 14.3 Å². The van der Waals surface area contributed by atoms with Crippen molar-refractivity contribution >= 4 is 49.7 Å². The van der Waals surface area contributed by atoms with Crippen LogP contribution in [0.25, 0.3) is 21.1 Å². The maximum absolute atomic E-state index is 12.9. The highest BCUT2D eigenvalue weighted by Gasteiger charge is 2.20. The lowest BCUT2D eigenvalue weighted by molar-refractivity contribution is 0.103. The summed E-state index contributed by atoms with van der Waals surface area (Å²) in [6.07, 6.45) is 0. The Labute approximate surface area is 164 Å². The number of nitrogen functional groups attached to an aromatic ring is 1. The zero-order chi connectivity index (χ0) is 19.4. The summed E-state index contributed by atoms with van der Waals surface area (Å²) in [7, 11) is 0. The maximum atomic E-state index is 12.9. The molecule has 0 unspecified atom stereocenters. The SMILES string of the molecule is Cc1ccc(C)c(NC(=O)c2sc3nc4cc5c(cc4cc3c2N)OCO5)c1. The summed E-state index contributed by atoms with van der Waals surface area (Å²) in [6, 6.07) is 11.6. The molecule has 1 aliphatic rings. The van der Waals surface area contributed by atoms with Gasteiger partial charge >= 0.3 is 0 Å². The van der Waals surface area contributed by atoms with E-state index in [1.807, 2.05) is 50.2 Å². The number of ether oxygens (including phenoxy) is 2. The van der Waals surface area contributed by atoms with Gasteiger partial charge in [-0.05, 0) is 43.2 Å². The third kappa shape index (κ3) is 2.63. The number of benzene rings is 2. The molecule has 0 saturated carbocycles. The number of nitrogens with zero attached hydrogens (tertiary/aromatic N) is 1. The standard InChI is InChI=1S/C21H17N3O3S/c1-10-3-4-11(2)14(5-10)23-20(25)19-18(22)13-6-12-7-16-17(27-9-26-16)8-15(12)24-21(13)28-19/h3-8H,9,22H2,1-2H3,(H,23,25). The van der Waals surface area contributed by atoms with Gasteiger partial charge < -0.3 is 20.5 Å². The van der Waals surface area contributed by atoms with Crippen LogP contribution in [0.5, 0.6) is 11.5 Å². The molecule has 3 N–H and O–H groups in total. The quantitative estimate of drug-likeness (QED) is 0.520. The average Bonchev–Trinajstić information content (AvgIpc) is 3.25. The van der Waals surface area contributed by atoms with Crippen LogP contribution in [-0.4, -0.2) is 17.7 Å². The van der Waals surface area contributed by atoms with Gasteiger partial charge in [0.25, 0.3) is 5.91 Å². The number of hydrogen-bond acceptors (Lipinski definition) is 6. The predicted octanol–water partition coefficient (Wildman–Crippen LogP) is 4.63. The minimum atomic E-state index is -0.229. The van der Waals surface area contributed by atoms with Crippen LogP contribution in [0.2, 0.25) is 0 Å². The second kappa shape index (κ2) is 6.10. The average molecular weight is 391 g/mol. The molecule has 0 fully saturated rings. The van der Waals surface area contributed by atoms with Crippen molar-refractivity contribution in [2.45, 2.75) is 13.8 Å². The third-order valence-corrected chi connectivity index (χ3v) is 5.97. The van der Waals surface area contributed by atoms with E-state index in [1.165, 1.54) is 11.3 Å². The fraction of sp³-hybridized carbons (Fsp3) is 0.143. The van der Waals surface area contributed by atoms with Gasteiger partial charge in [0, 0.05) is 22.5 Å². The highest BCUT2D eigenvalue weighted by molar-refractivity contribution is 7.21. The first-order valence-corrected chi connectivity index (χ1v) is 9.62. The summed E-state index contributed by atoms with van der Waals surface area (Å²) in [4.78, 5) is 18.7. The molecule has 0 spiro atoms. The summed E-state index contributed by atoms with van der Waals surface area (Å²) in [5.41, 5.74) is 10.4. The number of aromatic nitrogens is 1. The minimum absolute atomic E-state index is 0.213. The Morgan fingerprint density at radius 1 is 1.14 bits per heavy atom. The van der Waals surface area contributed by atoms with E-state index in [0.29, 0.717) is 22.1 Å². The fourth-order valence-corrected chi connectivity index (χ4v) is 4.29. The summed E-state index contributed by atoms with van der Waals surface area (Å²) in [6.45, 7) is 4.16. The molecule has 4 aromatic rings. The lowest BCUT2D eigenvalue weighted by atomic mass is 10.1. The zero-order valence-electron chi connectivity index (χ0n) is 15.3. The van der Waals surface area contributed by atoms with Gasteiger partial charge in [-0.2, -0.15) is 0 Å². The second-order valence-corrected chi connectivity index (χ2v) is 7.86. The Balaban J connectivity index is 1.58. The van der Waals surface area contributed by atoms with E-state index in [-0.39, 0.29) is 12.7 Å². The van der Waals surface area contributed by atoms with Crippen LogP contribution < -0.4 is 20.5 Å². The lowest BCUT2D eigenvalue weighted by Crippen LogP contribution is -2.13. The van der Waals surface area contributed by atoms with Crippen LogP contribution in [0.1, 0.15) is 20.8 Å². The topological polar surface area (TPSA) is 86.5 Å². The number of fused-ring (bicyclic) bond motifs is 3. The first-order valence-electron chi connectivity index (χ1n) is 8.80. The van der Waals surface area contributed by atoms with E-state index < -0.39 is 0 Å². The number of thiophene rings is 1. The van der Waals surface area contributed by atoms with E-state index >= 15 is 0 Å². The normalized spacial score (nSPS) is 12.6. The van der Waals surface area contributed by atoms with Crippen LogP contribution in [0.4, 0.5) is 11.4 Å². The zero-order valence-corrected chi connectivity index (χ0v) is 16.1. The monoisotopic (exact) mass is 391 g/mol. The Kier molecular flexibility index (Phi) is 3.67. The first kappa shape index (κ1) is 16.8. The van der Waals surface area contributed by atoms with Crippen molar-refractivity contribution in [3.05, 3.63) is 52.4 Å². The van der Waals surface area contributed by atoms with Gasteiger partial charge in [0.1, 0.15) is 9.71 Å². The van der Waals surface area contributed by atoms with Crippen LogP contribution in [0, 0.1) is 13.8 Å². The van der Waals surface area contributed by atoms with E-state index in [4.69, 9.17) is 15.2 Å². The maximum Gasteiger partial charge on any atom is 0.267 e. The number of carbonyl (C=O) groups excluding carboxylic acids is 1. The summed E-state index contributed by atoms with van der Waals surface area (Å²) < 4.78 is 10.9. The largest absolute Gasteiger partial charge is 0.454 e. The van der Waals surface area contributed by atoms with Crippen molar-refractivity contribution in [2.24, 2.45) is 0 Å². The molecule has 2 aromatic carbocycles. The number of carbonyl (C=O) groups is 1. The molecule has 28 heavy (non-hydrogen) atoms. The number of aryl methyl sites for hydroxylation is 2. The highest BCUT2D eigenvalue weighted by atomic mass is 32.1. The van der Waals surface area contributed by atoms with Crippen molar-refractivity contribution in [1.29, 1.82) is 0 Å². The van der Waals surface area contributed by atoms with E-state index in [0.717, 1.165) is 37.9 Å². The first-order chi connectivity index (χ1) is 13.5. The van der Waals surface area contributed by atoms with Gasteiger partial charge in [0.2, 0.25) is 6.79 Å². The molecule has 0 radical (unpaired) electrons. The molecule has 0 saturated heterocycles. The van der Waals surface area contributed by atoms with Crippen LogP contribution in [0.15, 0.2) is 36.4 Å². The molecule has 0 bridgehead atoms. The number of amides is 1. The Bertz CT molecular complexity index is 1280. The van der Waals surface area contributed by atoms with Crippen molar-refractivity contribution in [1.82, 2.24) is 4.98 Å². The van der Waals surface area contributed by atoms with Gasteiger partial charge in [-0.15, -0.1) is 11.3 Å². The third-order valence-electron chi connectivity index (χ3n) is 4.86. The number of rotatable bonds is 2. The smallest absolute Gasteiger partial charge is 0.267 e. The van der Waals surface area contributed by atoms with Crippen molar-refractivity contribution in [2.75, 3.05) is 17.8 Å². The Morgan fingerprint density at radius 2 is 1.93 bits per heavy atom. The second-order valence-electron chi connectivity index (χ2n) is 6.86. The molecule has 3 heterocycles. The Hall–Kier alpha value is -3.32. The van der Waals surface area contributed by atoms with Gasteiger partial charge in [-0.3, -0.25) is 4.79 Å². The number of anilines is 2. The number of nitrogens with two attached hydrogens (primary N) is 1. The lowest BCUT2D eigenvalue weighted by Gasteiger charge is -2.08. The Morgan fingerprint density at radius 3 is 2.75 bits per heavy atom. The fourth-order valence-electron chi connectivity index (χ4n) is 3.31. The summed E-state index contributed by atoms with van der Waals surface area (Å²) in [5.74, 6) is 1.14.